The van der Waals surface area contributed by atoms with Gasteiger partial charge in [0.05, 0.1) is 0 Å². The van der Waals surface area contributed by atoms with Gasteiger partial charge in [-0.3, -0.25) is 24.1 Å². The molecule has 0 fully saturated rings. The second kappa shape index (κ2) is 7.99. The van der Waals surface area contributed by atoms with Crippen LogP contribution in [0, 0.1) is 0 Å². The van der Waals surface area contributed by atoms with E-state index in [0.717, 1.165) is 5.39 Å². The first-order chi connectivity index (χ1) is 13.0. The van der Waals surface area contributed by atoms with Crippen LogP contribution < -0.4 is 5.32 Å². The Morgan fingerprint density at radius 3 is 2.15 bits per heavy atom. The Morgan fingerprint density at radius 2 is 1.56 bits per heavy atom. The standard InChI is InChI=1S/C20H20N2O5/c23-16(21-11-3-10-17(24)25)9-4-12-22-19(26)14-7-1-5-13-6-2-8-15(18(13)14)20(22)27/h1-2,5-8H,3-4,9-12H2,(H,21,23)(H,24,25). The van der Waals surface area contributed by atoms with Crippen LogP contribution in [0.1, 0.15) is 46.4 Å². The lowest BCUT2D eigenvalue weighted by Gasteiger charge is -2.27. The first-order valence-corrected chi connectivity index (χ1v) is 8.85. The molecule has 27 heavy (non-hydrogen) atoms. The van der Waals surface area contributed by atoms with Gasteiger partial charge in [-0.2, -0.15) is 0 Å². The average Bonchev–Trinajstić information content (AvgIpc) is 2.65. The van der Waals surface area contributed by atoms with Crippen molar-refractivity contribution < 1.29 is 24.3 Å². The SMILES string of the molecule is O=C(O)CCCNC(=O)CCCN1C(=O)c2cccc3cccc(c23)C1=O. The van der Waals surface area contributed by atoms with Crippen molar-refractivity contribution >= 4 is 34.5 Å². The van der Waals surface area contributed by atoms with E-state index in [1.165, 1.54) is 4.90 Å². The highest BCUT2D eigenvalue weighted by molar-refractivity contribution is 6.25. The Hall–Kier alpha value is -3.22. The molecule has 0 saturated carbocycles. The fraction of sp³-hybridized carbons (Fsp3) is 0.300. The van der Waals surface area contributed by atoms with Crippen LogP contribution in [0.5, 0.6) is 0 Å². The number of hydrogen-bond donors (Lipinski definition) is 2. The summed E-state index contributed by atoms with van der Waals surface area (Å²) >= 11 is 0. The summed E-state index contributed by atoms with van der Waals surface area (Å²) in [5.74, 6) is -1.81. The lowest BCUT2D eigenvalue weighted by Crippen LogP contribution is -2.41. The molecular weight excluding hydrogens is 348 g/mol. The molecule has 0 aromatic heterocycles. The van der Waals surface area contributed by atoms with E-state index in [2.05, 4.69) is 5.32 Å². The monoisotopic (exact) mass is 368 g/mol. The summed E-state index contributed by atoms with van der Waals surface area (Å²) < 4.78 is 0. The van der Waals surface area contributed by atoms with Gasteiger partial charge in [0.15, 0.2) is 0 Å². The van der Waals surface area contributed by atoms with E-state index >= 15 is 0 Å². The molecule has 1 aliphatic rings. The molecule has 1 aliphatic heterocycles. The zero-order chi connectivity index (χ0) is 19.4. The maximum absolute atomic E-state index is 12.7. The van der Waals surface area contributed by atoms with E-state index in [-0.39, 0.29) is 37.1 Å². The quantitative estimate of drug-likeness (QED) is 0.549. The zero-order valence-electron chi connectivity index (χ0n) is 14.7. The van der Waals surface area contributed by atoms with Gasteiger partial charge in [0.2, 0.25) is 5.91 Å². The summed E-state index contributed by atoms with van der Waals surface area (Å²) in [6.45, 7) is 0.451. The second-order valence-electron chi connectivity index (χ2n) is 6.42. The van der Waals surface area contributed by atoms with E-state index in [9.17, 15) is 19.2 Å². The minimum atomic E-state index is -0.901. The molecule has 0 bridgehead atoms. The largest absolute Gasteiger partial charge is 0.481 e. The van der Waals surface area contributed by atoms with Gasteiger partial charge in [0, 0.05) is 42.4 Å². The van der Waals surface area contributed by atoms with Crippen molar-refractivity contribution in [2.24, 2.45) is 0 Å². The summed E-state index contributed by atoms with van der Waals surface area (Å²) in [4.78, 5) is 48.8. The number of carbonyl (C=O) groups is 4. The lowest BCUT2D eigenvalue weighted by atomic mass is 9.94. The number of hydrogen-bond acceptors (Lipinski definition) is 4. The predicted molar refractivity (Wildman–Crippen MR) is 98.4 cm³/mol. The molecule has 0 radical (unpaired) electrons. The molecule has 3 amide bonds. The minimum Gasteiger partial charge on any atom is -0.481 e. The maximum atomic E-state index is 12.7. The molecular formula is C20H20N2O5. The number of carboxylic acid groups (broad SMARTS) is 1. The Kier molecular flexibility index (Phi) is 5.49. The van der Waals surface area contributed by atoms with Gasteiger partial charge in [-0.05, 0) is 30.4 Å². The van der Waals surface area contributed by atoms with Crippen molar-refractivity contribution in [2.45, 2.75) is 25.7 Å². The van der Waals surface area contributed by atoms with E-state index in [0.29, 0.717) is 35.9 Å². The molecule has 140 valence electrons. The van der Waals surface area contributed by atoms with Crippen molar-refractivity contribution in [3.63, 3.8) is 0 Å². The van der Waals surface area contributed by atoms with Crippen LogP contribution in [-0.4, -0.2) is 46.8 Å². The Labute approximate surface area is 156 Å². The number of aliphatic carboxylic acids is 1. The van der Waals surface area contributed by atoms with Gasteiger partial charge >= 0.3 is 5.97 Å². The number of carbonyl (C=O) groups excluding carboxylic acids is 3. The number of benzene rings is 2. The van der Waals surface area contributed by atoms with Gasteiger partial charge in [0.1, 0.15) is 0 Å². The highest BCUT2D eigenvalue weighted by Gasteiger charge is 2.32. The van der Waals surface area contributed by atoms with E-state index in [1.807, 2.05) is 12.1 Å². The number of nitrogens with one attached hydrogen (secondary N) is 1. The number of amides is 3. The molecule has 7 heteroatoms. The van der Waals surface area contributed by atoms with Crippen LogP contribution in [0.2, 0.25) is 0 Å². The summed E-state index contributed by atoms with van der Waals surface area (Å²) in [7, 11) is 0. The highest BCUT2D eigenvalue weighted by Crippen LogP contribution is 2.29. The van der Waals surface area contributed by atoms with Crippen molar-refractivity contribution in [1.82, 2.24) is 10.2 Å². The topological polar surface area (TPSA) is 104 Å². The Bertz CT molecular complexity index is 871. The van der Waals surface area contributed by atoms with Gasteiger partial charge in [-0.15, -0.1) is 0 Å². The Balaban J connectivity index is 1.59. The third kappa shape index (κ3) is 3.97. The number of imide groups is 1. The van der Waals surface area contributed by atoms with Crippen molar-refractivity contribution in [3.05, 3.63) is 47.5 Å². The normalized spacial score (nSPS) is 13.1. The molecule has 2 N–H and O–H groups in total. The van der Waals surface area contributed by atoms with Crippen LogP contribution in [0.25, 0.3) is 10.8 Å². The molecule has 0 atom stereocenters. The molecule has 0 aliphatic carbocycles. The number of nitrogens with zero attached hydrogens (tertiary/aromatic N) is 1. The molecule has 0 saturated heterocycles. The lowest BCUT2D eigenvalue weighted by molar-refractivity contribution is -0.137. The summed E-state index contributed by atoms with van der Waals surface area (Å²) in [6, 6.07) is 10.7. The van der Waals surface area contributed by atoms with Crippen LogP contribution in [0.15, 0.2) is 36.4 Å². The van der Waals surface area contributed by atoms with E-state index < -0.39 is 5.97 Å². The number of rotatable bonds is 8. The average molecular weight is 368 g/mol. The van der Waals surface area contributed by atoms with Crippen LogP contribution >= 0.6 is 0 Å². The molecule has 0 unspecified atom stereocenters. The van der Waals surface area contributed by atoms with Crippen LogP contribution in [0.4, 0.5) is 0 Å². The zero-order valence-corrected chi connectivity index (χ0v) is 14.7. The van der Waals surface area contributed by atoms with Crippen molar-refractivity contribution in [2.75, 3.05) is 13.1 Å². The van der Waals surface area contributed by atoms with Gasteiger partial charge in [0.25, 0.3) is 11.8 Å². The van der Waals surface area contributed by atoms with Crippen molar-refractivity contribution in [1.29, 1.82) is 0 Å². The fourth-order valence-electron chi connectivity index (χ4n) is 3.24. The summed E-state index contributed by atoms with van der Waals surface area (Å²) in [5.41, 5.74) is 1.00. The Morgan fingerprint density at radius 1 is 0.926 bits per heavy atom. The first-order valence-electron chi connectivity index (χ1n) is 8.85. The fourth-order valence-corrected chi connectivity index (χ4v) is 3.24. The first kappa shape index (κ1) is 18.6. The summed E-state index contributed by atoms with van der Waals surface area (Å²) in [6.07, 6.45) is 0.878. The summed E-state index contributed by atoms with van der Waals surface area (Å²) in [5, 5.41) is 12.7. The molecule has 0 spiro atoms. The van der Waals surface area contributed by atoms with Gasteiger partial charge in [-0.1, -0.05) is 24.3 Å². The maximum Gasteiger partial charge on any atom is 0.303 e. The van der Waals surface area contributed by atoms with E-state index in [4.69, 9.17) is 5.11 Å². The third-order valence-electron chi connectivity index (χ3n) is 4.53. The van der Waals surface area contributed by atoms with Gasteiger partial charge in [-0.25, -0.2) is 0 Å². The van der Waals surface area contributed by atoms with Gasteiger partial charge < -0.3 is 10.4 Å². The highest BCUT2D eigenvalue weighted by atomic mass is 16.4. The van der Waals surface area contributed by atoms with Crippen LogP contribution in [0.3, 0.4) is 0 Å². The molecule has 3 rings (SSSR count). The predicted octanol–water partition coefficient (Wildman–Crippen LogP) is 2.20. The molecule has 2 aromatic carbocycles. The molecule has 2 aromatic rings. The molecule has 7 nitrogen and oxygen atoms in total. The third-order valence-corrected chi connectivity index (χ3v) is 4.53. The smallest absolute Gasteiger partial charge is 0.303 e. The minimum absolute atomic E-state index is 0.00200. The molecule has 1 heterocycles. The van der Waals surface area contributed by atoms with Crippen LogP contribution in [-0.2, 0) is 9.59 Å². The van der Waals surface area contributed by atoms with Crippen molar-refractivity contribution in [3.8, 4) is 0 Å². The second-order valence-corrected chi connectivity index (χ2v) is 6.42. The number of carboxylic acids is 1. The van der Waals surface area contributed by atoms with E-state index in [1.54, 1.807) is 24.3 Å².